The first-order valence-electron chi connectivity index (χ1n) is 9.94. The minimum Gasteiger partial charge on any atom is -0.337 e. The Morgan fingerprint density at radius 2 is 1.69 bits per heavy atom. The van der Waals surface area contributed by atoms with Crippen molar-refractivity contribution in [2.75, 3.05) is 40.3 Å². The number of carbonyl (C=O) groups excluding carboxylic acids is 1. The lowest BCUT2D eigenvalue weighted by molar-refractivity contribution is 0.0785. The fourth-order valence-electron chi connectivity index (χ4n) is 3.75. The molecule has 29 heavy (non-hydrogen) atoms. The fraction of sp³-hybridized carbons (Fsp3) is 0.364. The molecule has 7 heteroatoms. The molecule has 2 N–H and O–H groups in total. The van der Waals surface area contributed by atoms with E-state index in [4.69, 9.17) is 0 Å². The number of carbonyl (C=O) groups is 1. The number of aromatic nitrogens is 2. The summed E-state index contributed by atoms with van der Waals surface area (Å²) in [5.41, 5.74) is 3.42. The molecule has 0 aliphatic carbocycles. The molecule has 1 fully saturated rings. The van der Waals surface area contributed by atoms with E-state index in [9.17, 15) is 9.59 Å². The predicted octanol–water partition coefficient (Wildman–Crippen LogP) is 1.88. The van der Waals surface area contributed by atoms with E-state index in [0.29, 0.717) is 23.0 Å². The van der Waals surface area contributed by atoms with Gasteiger partial charge in [-0.15, -0.1) is 0 Å². The SMILES string of the molecule is CN1CCN(Cc2ccc(CN(C)C(=O)c3ccc4c(=O)[nH][nH]c4c3)cc2)CC1. The van der Waals surface area contributed by atoms with Gasteiger partial charge in [0.05, 0.1) is 10.9 Å². The molecule has 0 spiro atoms. The summed E-state index contributed by atoms with van der Waals surface area (Å²) < 4.78 is 0. The predicted molar refractivity (Wildman–Crippen MR) is 114 cm³/mol. The van der Waals surface area contributed by atoms with E-state index < -0.39 is 0 Å². The summed E-state index contributed by atoms with van der Waals surface area (Å²) in [6.07, 6.45) is 0. The van der Waals surface area contributed by atoms with Crippen LogP contribution in [0, 0.1) is 0 Å². The lowest BCUT2D eigenvalue weighted by Gasteiger charge is -2.32. The zero-order chi connectivity index (χ0) is 20.4. The molecule has 0 saturated carbocycles. The van der Waals surface area contributed by atoms with Crippen LogP contribution in [-0.2, 0) is 13.1 Å². The van der Waals surface area contributed by atoms with Crippen LogP contribution < -0.4 is 5.56 Å². The molecule has 1 amide bonds. The molecule has 3 aromatic rings. The Kier molecular flexibility index (Phi) is 5.51. The molecule has 7 nitrogen and oxygen atoms in total. The van der Waals surface area contributed by atoms with Gasteiger partial charge in [-0.1, -0.05) is 24.3 Å². The molecule has 1 aliphatic rings. The molecule has 0 radical (unpaired) electrons. The molecule has 2 heterocycles. The number of H-pyrrole nitrogens is 2. The molecular formula is C22H27N5O2. The Labute approximate surface area is 169 Å². The average Bonchev–Trinajstić information content (AvgIpc) is 3.11. The molecular weight excluding hydrogens is 366 g/mol. The summed E-state index contributed by atoms with van der Waals surface area (Å²) in [4.78, 5) is 30.9. The van der Waals surface area contributed by atoms with Crippen LogP contribution in [0.25, 0.3) is 10.9 Å². The van der Waals surface area contributed by atoms with Crippen molar-refractivity contribution >= 4 is 16.8 Å². The molecule has 2 aromatic carbocycles. The smallest absolute Gasteiger partial charge is 0.271 e. The van der Waals surface area contributed by atoms with Crippen LogP contribution in [0.15, 0.2) is 47.3 Å². The van der Waals surface area contributed by atoms with Gasteiger partial charge < -0.3 is 9.80 Å². The summed E-state index contributed by atoms with van der Waals surface area (Å²) in [6, 6.07) is 13.6. The summed E-state index contributed by atoms with van der Waals surface area (Å²) in [5.74, 6) is -0.0736. The second-order valence-corrected chi connectivity index (χ2v) is 7.90. The number of nitrogens with zero attached hydrogens (tertiary/aromatic N) is 3. The molecule has 0 bridgehead atoms. The number of likely N-dealkylation sites (N-methyl/N-ethyl adjacent to an activating group) is 1. The first kappa shape index (κ1) is 19.4. The first-order chi connectivity index (χ1) is 14.0. The molecule has 1 saturated heterocycles. The van der Waals surface area contributed by atoms with E-state index in [1.165, 1.54) is 5.56 Å². The monoisotopic (exact) mass is 393 g/mol. The highest BCUT2D eigenvalue weighted by molar-refractivity contribution is 5.97. The molecule has 0 atom stereocenters. The van der Waals surface area contributed by atoms with Crippen LogP contribution in [0.1, 0.15) is 21.5 Å². The van der Waals surface area contributed by atoms with E-state index in [1.807, 2.05) is 0 Å². The van der Waals surface area contributed by atoms with Crippen molar-refractivity contribution < 1.29 is 4.79 Å². The lowest BCUT2D eigenvalue weighted by atomic mass is 10.1. The molecule has 152 valence electrons. The number of piperazine rings is 1. The van der Waals surface area contributed by atoms with E-state index >= 15 is 0 Å². The normalized spacial score (nSPS) is 15.7. The average molecular weight is 393 g/mol. The molecule has 1 aliphatic heterocycles. The number of rotatable bonds is 5. The van der Waals surface area contributed by atoms with Gasteiger partial charge in [-0.3, -0.25) is 24.7 Å². The van der Waals surface area contributed by atoms with Crippen molar-refractivity contribution in [2.24, 2.45) is 0 Å². The third-order valence-corrected chi connectivity index (χ3v) is 5.61. The molecule has 0 unspecified atom stereocenters. The third kappa shape index (κ3) is 4.41. The lowest BCUT2D eigenvalue weighted by Crippen LogP contribution is -2.43. The van der Waals surface area contributed by atoms with E-state index in [2.05, 4.69) is 51.3 Å². The van der Waals surface area contributed by atoms with Crippen LogP contribution in [0.3, 0.4) is 0 Å². The van der Waals surface area contributed by atoms with Crippen molar-refractivity contribution in [1.29, 1.82) is 0 Å². The summed E-state index contributed by atoms with van der Waals surface area (Å²) >= 11 is 0. The zero-order valence-electron chi connectivity index (χ0n) is 16.9. The van der Waals surface area contributed by atoms with Crippen molar-refractivity contribution in [2.45, 2.75) is 13.1 Å². The molecule has 1 aromatic heterocycles. The second-order valence-electron chi connectivity index (χ2n) is 7.90. The molecule has 4 rings (SSSR count). The number of nitrogens with one attached hydrogen (secondary N) is 2. The highest BCUT2D eigenvalue weighted by Crippen LogP contribution is 2.15. The fourth-order valence-corrected chi connectivity index (χ4v) is 3.75. The van der Waals surface area contributed by atoms with Crippen molar-refractivity contribution in [3.8, 4) is 0 Å². The van der Waals surface area contributed by atoms with Gasteiger partial charge in [0.25, 0.3) is 11.5 Å². The maximum Gasteiger partial charge on any atom is 0.271 e. The highest BCUT2D eigenvalue weighted by Gasteiger charge is 2.15. The Morgan fingerprint density at radius 3 is 2.41 bits per heavy atom. The quantitative estimate of drug-likeness (QED) is 0.694. The van der Waals surface area contributed by atoms with Gasteiger partial charge >= 0.3 is 0 Å². The summed E-state index contributed by atoms with van der Waals surface area (Å²) in [6.45, 7) is 5.95. The standard InChI is InChI=1S/C22H27N5O2/c1-25-9-11-27(12-10-25)15-17-5-3-16(4-6-17)14-26(2)22(29)18-7-8-19-20(13-18)23-24-21(19)28/h3-8,13H,9-12,14-15H2,1-2H3,(H2,23,24,28). The minimum atomic E-state index is -0.177. The Hall–Kier alpha value is -2.90. The van der Waals surface area contributed by atoms with Gasteiger partial charge in [0.2, 0.25) is 0 Å². The topological polar surface area (TPSA) is 75.4 Å². The number of hydrogen-bond acceptors (Lipinski definition) is 4. The van der Waals surface area contributed by atoms with Gasteiger partial charge in [0, 0.05) is 51.9 Å². The summed E-state index contributed by atoms with van der Waals surface area (Å²) in [5, 5.41) is 5.89. The number of aromatic amines is 2. The number of benzene rings is 2. The second kappa shape index (κ2) is 8.23. The highest BCUT2D eigenvalue weighted by atomic mass is 16.2. The minimum absolute atomic E-state index is 0.0736. The van der Waals surface area contributed by atoms with Gasteiger partial charge in [-0.05, 0) is 36.4 Å². The zero-order valence-corrected chi connectivity index (χ0v) is 16.9. The number of amides is 1. The number of hydrogen-bond donors (Lipinski definition) is 2. The Bertz CT molecular complexity index is 1040. The largest absolute Gasteiger partial charge is 0.337 e. The Balaban J connectivity index is 1.37. The summed E-state index contributed by atoms with van der Waals surface area (Å²) in [7, 11) is 3.96. The third-order valence-electron chi connectivity index (χ3n) is 5.61. The van der Waals surface area contributed by atoms with Crippen molar-refractivity contribution in [3.63, 3.8) is 0 Å². The van der Waals surface area contributed by atoms with Gasteiger partial charge in [-0.25, -0.2) is 0 Å². The van der Waals surface area contributed by atoms with Crippen LogP contribution in [0.2, 0.25) is 0 Å². The first-order valence-corrected chi connectivity index (χ1v) is 9.94. The maximum atomic E-state index is 12.8. The van der Waals surface area contributed by atoms with Crippen LogP contribution >= 0.6 is 0 Å². The van der Waals surface area contributed by atoms with E-state index in [0.717, 1.165) is 38.3 Å². The van der Waals surface area contributed by atoms with Crippen LogP contribution in [0.4, 0.5) is 0 Å². The van der Waals surface area contributed by atoms with Crippen LogP contribution in [0.5, 0.6) is 0 Å². The van der Waals surface area contributed by atoms with Gasteiger partial charge in [0.15, 0.2) is 0 Å². The van der Waals surface area contributed by atoms with Gasteiger partial charge in [-0.2, -0.15) is 0 Å². The van der Waals surface area contributed by atoms with Gasteiger partial charge in [0.1, 0.15) is 0 Å². The maximum absolute atomic E-state index is 12.8. The van der Waals surface area contributed by atoms with Crippen LogP contribution in [-0.4, -0.2) is 71.1 Å². The van der Waals surface area contributed by atoms with E-state index in [1.54, 1.807) is 30.1 Å². The van der Waals surface area contributed by atoms with Crippen molar-refractivity contribution in [1.82, 2.24) is 24.9 Å². The Morgan fingerprint density at radius 1 is 1.00 bits per heavy atom. The van der Waals surface area contributed by atoms with E-state index in [-0.39, 0.29) is 11.5 Å². The number of fused-ring (bicyclic) bond motifs is 1. The van der Waals surface area contributed by atoms with Crippen molar-refractivity contribution in [3.05, 3.63) is 69.5 Å².